The normalized spacial score (nSPS) is 12.4. The van der Waals surface area contributed by atoms with Gasteiger partial charge >= 0.3 is 0 Å². The van der Waals surface area contributed by atoms with Gasteiger partial charge in [0, 0.05) is 12.4 Å². The lowest BCUT2D eigenvalue weighted by atomic mass is 10.0. The van der Waals surface area contributed by atoms with E-state index in [1.54, 1.807) is 6.20 Å². The standard InChI is InChI=1S/C15H17NO/c1-12-4-7-14(8-5-12)15(17)9-6-13-3-2-10-16-11-13/h2-5,7-8,10-11,15,17H,6,9H2,1H3. The van der Waals surface area contributed by atoms with Gasteiger partial charge in [0.1, 0.15) is 0 Å². The van der Waals surface area contributed by atoms with Crippen LogP contribution in [-0.2, 0) is 6.42 Å². The van der Waals surface area contributed by atoms with Crippen LogP contribution in [-0.4, -0.2) is 10.1 Å². The second-order valence-corrected chi connectivity index (χ2v) is 4.33. The molecule has 88 valence electrons. The first-order valence-corrected chi connectivity index (χ1v) is 5.89. The van der Waals surface area contributed by atoms with E-state index < -0.39 is 6.10 Å². The number of aromatic nitrogens is 1. The van der Waals surface area contributed by atoms with Gasteiger partial charge in [-0.25, -0.2) is 0 Å². The van der Waals surface area contributed by atoms with Gasteiger partial charge in [-0.2, -0.15) is 0 Å². The zero-order chi connectivity index (χ0) is 12.1. The minimum Gasteiger partial charge on any atom is -0.388 e. The molecule has 17 heavy (non-hydrogen) atoms. The molecule has 1 aromatic carbocycles. The number of rotatable bonds is 4. The molecule has 1 aromatic heterocycles. The van der Waals surface area contributed by atoms with E-state index >= 15 is 0 Å². The first-order chi connectivity index (χ1) is 8.25. The monoisotopic (exact) mass is 227 g/mol. The molecule has 2 nitrogen and oxygen atoms in total. The van der Waals surface area contributed by atoms with Gasteiger partial charge in [0.25, 0.3) is 0 Å². The van der Waals surface area contributed by atoms with Gasteiger partial charge in [-0.1, -0.05) is 35.9 Å². The first kappa shape index (κ1) is 11.8. The molecule has 0 amide bonds. The van der Waals surface area contributed by atoms with Gasteiger partial charge < -0.3 is 5.11 Å². The summed E-state index contributed by atoms with van der Waals surface area (Å²) >= 11 is 0. The molecule has 0 saturated heterocycles. The smallest absolute Gasteiger partial charge is 0.0793 e. The molecule has 1 unspecified atom stereocenters. The Kier molecular flexibility index (Phi) is 3.89. The topological polar surface area (TPSA) is 33.1 Å². The van der Waals surface area contributed by atoms with Crippen LogP contribution in [0, 0.1) is 6.92 Å². The van der Waals surface area contributed by atoms with Crippen molar-refractivity contribution in [3.63, 3.8) is 0 Å². The van der Waals surface area contributed by atoms with E-state index in [1.807, 2.05) is 49.5 Å². The van der Waals surface area contributed by atoms with Gasteiger partial charge in [0.2, 0.25) is 0 Å². The lowest BCUT2D eigenvalue weighted by Gasteiger charge is -2.11. The minimum absolute atomic E-state index is 0.393. The Labute approximate surface area is 102 Å². The Hall–Kier alpha value is -1.67. The molecule has 1 N–H and O–H groups in total. The van der Waals surface area contributed by atoms with E-state index in [0.29, 0.717) is 0 Å². The molecule has 0 aliphatic carbocycles. The highest BCUT2D eigenvalue weighted by molar-refractivity contribution is 5.23. The van der Waals surface area contributed by atoms with E-state index in [2.05, 4.69) is 4.98 Å². The fourth-order valence-corrected chi connectivity index (χ4v) is 1.80. The predicted octanol–water partition coefficient (Wildman–Crippen LogP) is 3.06. The molecule has 2 rings (SSSR count). The van der Waals surface area contributed by atoms with E-state index in [9.17, 15) is 5.11 Å². The largest absolute Gasteiger partial charge is 0.388 e. The van der Waals surface area contributed by atoms with Gasteiger partial charge in [0.05, 0.1) is 6.10 Å². The summed E-state index contributed by atoms with van der Waals surface area (Å²) in [6.07, 6.45) is 4.80. The van der Waals surface area contributed by atoms with Crippen LogP contribution >= 0.6 is 0 Å². The van der Waals surface area contributed by atoms with Gasteiger partial charge in [0.15, 0.2) is 0 Å². The number of aliphatic hydroxyl groups is 1. The molecule has 1 heterocycles. The molecule has 2 aromatic rings. The predicted molar refractivity (Wildman–Crippen MR) is 68.7 cm³/mol. The summed E-state index contributed by atoms with van der Waals surface area (Å²) in [5, 5.41) is 10.1. The zero-order valence-corrected chi connectivity index (χ0v) is 10.0. The molecule has 1 atom stereocenters. The Balaban J connectivity index is 1.93. The third-order valence-corrected chi connectivity index (χ3v) is 2.89. The van der Waals surface area contributed by atoms with E-state index in [4.69, 9.17) is 0 Å². The summed E-state index contributed by atoms with van der Waals surface area (Å²) in [7, 11) is 0. The second-order valence-electron chi connectivity index (χ2n) is 4.33. The Bertz CT molecular complexity index is 450. The quantitative estimate of drug-likeness (QED) is 0.870. The number of hydrogen-bond acceptors (Lipinski definition) is 2. The van der Waals surface area contributed by atoms with Crippen LogP contribution in [0.4, 0.5) is 0 Å². The van der Waals surface area contributed by atoms with Crippen molar-refractivity contribution in [2.45, 2.75) is 25.9 Å². The number of hydrogen-bond donors (Lipinski definition) is 1. The molecular formula is C15H17NO. The third kappa shape index (κ3) is 3.40. The van der Waals surface area contributed by atoms with Crippen molar-refractivity contribution in [1.29, 1.82) is 0 Å². The van der Waals surface area contributed by atoms with Crippen LogP contribution in [0.1, 0.15) is 29.2 Å². The zero-order valence-electron chi connectivity index (χ0n) is 10.0. The average molecular weight is 227 g/mol. The number of aryl methyl sites for hydroxylation is 2. The number of nitrogens with zero attached hydrogens (tertiary/aromatic N) is 1. The lowest BCUT2D eigenvalue weighted by molar-refractivity contribution is 0.168. The van der Waals surface area contributed by atoms with Crippen molar-refractivity contribution < 1.29 is 5.11 Å². The molecule has 0 radical (unpaired) electrons. The summed E-state index contributed by atoms with van der Waals surface area (Å²) in [6.45, 7) is 2.05. The van der Waals surface area contributed by atoms with Gasteiger partial charge in [-0.15, -0.1) is 0 Å². The van der Waals surface area contributed by atoms with Crippen LogP contribution in [0.5, 0.6) is 0 Å². The Morgan fingerprint density at radius 2 is 1.94 bits per heavy atom. The summed E-state index contributed by atoms with van der Waals surface area (Å²) in [5.74, 6) is 0. The third-order valence-electron chi connectivity index (χ3n) is 2.89. The molecule has 2 heteroatoms. The summed E-state index contributed by atoms with van der Waals surface area (Å²) in [5.41, 5.74) is 3.37. The molecule has 0 aliphatic rings. The Morgan fingerprint density at radius 3 is 2.59 bits per heavy atom. The van der Waals surface area contributed by atoms with E-state index in [-0.39, 0.29) is 0 Å². The first-order valence-electron chi connectivity index (χ1n) is 5.89. The van der Waals surface area contributed by atoms with Gasteiger partial charge in [-0.05, 0) is 37.0 Å². The van der Waals surface area contributed by atoms with Crippen molar-refractivity contribution in [1.82, 2.24) is 4.98 Å². The highest BCUT2D eigenvalue weighted by atomic mass is 16.3. The molecule has 0 bridgehead atoms. The number of benzene rings is 1. The maximum Gasteiger partial charge on any atom is 0.0793 e. The highest BCUT2D eigenvalue weighted by Crippen LogP contribution is 2.19. The van der Waals surface area contributed by atoms with Gasteiger partial charge in [-0.3, -0.25) is 4.98 Å². The van der Waals surface area contributed by atoms with Crippen molar-refractivity contribution in [3.8, 4) is 0 Å². The van der Waals surface area contributed by atoms with Crippen LogP contribution < -0.4 is 0 Å². The summed E-state index contributed by atoms with van der Waals surface area (Å²) < 4.78 is 0. The summed E-state index contributed by atoms with van der Waals surface area (Å²) in [4.78, 5) is 4.07. The maximum atomic E-state index is 10.1. The number of pyridine rings is 1. The molecular weight excluding hydrogens is 210 g/mol. The minimum atomic E-state index is -0.393. The average Bonchev–Trinajstić information content (AvgIpc) is 2.38. The Morgan fingerprint density at radius 1 is 1.18 bits per heavy atom. The van der Waals surface area contributed by atoms with Crippen molar-refractivity contribution in [3.05, 3.63) is 65.5 Å². The highest BCUT2D eigenvalue weighted by Gasteiger charge is 2.07. The second kappa shape index (κ2) is 5.60. The van der Waals surface area contributed by atoms with Crippen molar-refractivity contribution >= 4 is 0 Å². The SMILES string of the molecule is Cc1ccc(C(O)CCc2cccnc2)cc1. The van der Waals surface area contributed by atoms with Crippen molar-refractivity contribution in [2.24, 2.45) is 0 Å². The fraction of sp³-hybridized carbons (Fsp3) is 0.267. The summed E-state index contributed by atoms with van der Waals surface area (Å²) in [6, 6.07) is 12.0. The molecule has 0 aliphatic heterocycles. The molecule has 0 fully saturated rings. The van der Waals surface area contributed by atoms with E-state index in [0.717, 1.165) is 18.4 Å². The maximum absolute atomic E-state index is 10.1. The lowest BCUT2D eigenvalue weighted by Crippen LogP contribution is -1.99. The fourth-order valence-electron chi connectivity index (χ4n) is 1.80. The number of aliphatic hydroxyl groups excluding tert-OH is 1. The molecule has 0 spiro atoms. The van der Waals surface area contributed by atoms with Crippen LogP contribution in [0.15, 0.2) is 48.8 Å². The van der Waals surface area contributed by atoms with Crippen molar-refractivity contribution in [2.75, 3.05) is 0 Å². The van der Waals surface area contributed by atoms with Crippen LogP contribution in [0.2, 0.25) is 0 Å². The molecule has 0 saturated carbocycles. The van der Waals surface area contributed by atoms with Crippen LogP contribution in [0.25, 0.3) is 0 Å². The van der Waals surface area contributed by atoms with E-state index in [1.165, 1.54) is 11.1 Å². The van der Waals surface area contributed by atoms with Crippen LogP contribution in [0.3, 0.4) is 0 Å².